The molecule has 1 heterocycles. The third kappa shape index (κ3) is 2.61. The Morgan fingerprint density at radius 3 is 2.94 bits per heavy atom. The fraction of sp³-hybridized carbons (Fsp3) is 0.571. The van der Waals surface area contributed by atoms with Crippen molar-refractivity contribution >= 4 is 5.69 Å². The normalized spacial score (nSPS) is 20.6. The molecular formula is C14H22N2O. The SMILES string of the molecule is Cc1ccc(CN)c(N2CCCCC2CO)c1. The molecule has 1 atom stereocenters. The van der Waals surface area contributed by atoms with Crippen molar-refractivity contribution in [2.75, 3.05) is 18.1 Å². The molecule has 0 aliphatic carbocycles. The Bertz CT molecular complexity index is 378. The molecule has 1 aliphatic heterocycles. The average Bonchev–Trinajstić information content (AvgIpc) is 2.38. The first-order valence-electron chi connectivity index (χ1n) is 6.43. The van der Waals surface area contributed by atoms with Crippen LogP contribution < -0.4 is 10.6 Å². The van der Waals surface area contributed by atoms with Gasteiger partial charge in [0.25, 0.3) is 0 Å². The molecule has 0 aromatic heterocycles. The van der Waals surface area contributed by atoms with Gasteiger partial charge in [-0.25, -0.2) is 0 Å². The predicted octanol–water partition coefficient (Wildman–Crippen LogP) is 1.80. The summed E-state index contributed by atoms with van der Waals surface area (Å²) in [5.41, 5.74) is 9.45. The molecule has 1 unspecified atom stereocenters. The number of piperidine rings is 1. The molecule has 1 saturated heterocycles. The molecule has 1 fully saturated rings. The number of rotatable bonds is 3. The summed E-state index contributed by atoms with van der Waals surface area (Å²) in [5, 5.41) is 9.48. The summed E-state index contributed by atoms with van der Waals surface area (Å²) in [7, 11) is 0. The molecule has 17 heavy (non-hydrogen) atoms. The second-order valence-corrected chi connectivity index (χ2v) is 4.86. The van der Waals surface area contributed by atoms with E-state index in [9.17, 15) is 5.11 Å². The van der Waals surface area contributed by atoms with Crippen LogP contribution in [0.1, 0.15) is 30.4 Å². The lowest BCUT2D eigenvalue weighted by atomic mass is 9.99. The number of anilines is 1. The first-order chi connectivity index (χ1) is 8.26. The number of hydrogen-bond acceptors (Lipinski definition) is 3. The van der Waals surface area contributed by atoms with Gasteiger partial charge < -0.3 is 15.7 Å². The summed E-state index contributed by atoms with van der Waals surface area (Å²) in [5.74, 6) is 0. The molecule has 94 valence electrons. The quantitative estimate of drug-likeness (QED) is 0.838. The first-order valence-corrected chi connectivity index (χ1v) is 6.43. The minimum atomic E-state index is 0.234. The molecule has 0 saturated carbocycles. The lowest BCUT2D eigenvalue weighted by molar-refractivity contribution is 0.240. The monoisotopic (exact) mass is 234 g/mol. The largest absolute Gasteiger partial charge is 0.394 e. The number of aryl methyl sites for hydroxylation is 1. The van der Waals surface area contributed by atoms with Crippen molar-refractivity contribution in [3.8, 4) is 0 Å². The van der Waals surface area contributed by atoms with E-state index in [1.165, 1.54) is 29.7 Å². The van der Waals surface area contributed by atoms with E-state index >= 15 is 0 Å². The Labute approximate surface area is 103 Å². The predicted molar refractivity (Wildman–Crippen MR) is 71.1 cm³/mol. The highest BCUT2D eigenvalue weighted by Crippen LogP contribution is 2.28. The van der Waals surface area contributed by atoms with Crippen LogP contribution in [0.2, 0.25) is 0 Å². The van der Waals surface area contributed by atoms with Gasteiger partial charge in [0.05, 0.1) is 12.6 Å². The molecule has 0 bridgehead atoms. The molecule has 1 aromatic rings. The van der Waals surface area contributed by atoms with Crippen LogP contribution in [0.25, 0.3) is 0 Å². The van der Waals surface area contributed by atoms with E-state index in [2.05, 4.69) is 30.0 Å². The van der Waals surface area contributed by atoms with E-state index in [1.54, 1.807) is 0 Å². The maximum Gasteiger partial charge on any atom is 0.0635 e. The van der Waals surface area contributed by atoms with Gasteiger partial charge in [0.15, 0.2) is 0 Å². The highest BCUT2D eigenvalue weighted by Gasteiger charge is 2.23. The number of aliphatic hydroxyl groups is 1. The van der Waals surface area contributed by atoms with Crippen molar-refractivity contribution in [3.63, 3.8) is 0 Å². The Kier molecular flexibility index (Phi) is 4.02. The zero-order valence-electron chi connectivity index (χ0n) is 10.5. The second-order valence-electron chi connectivity index (χ2n) is 4.86. The highest BCUT2D eigenvalue weighted by molar-refractivity contribution is 5.56. The van der Waals surface area contributed by atoms with Gasteiger partial charge in [0, 0.05) is 18.8 Å². The van der Waals surface area contributed by atoms with Gasteiger partial charge in [-0.3, -0.25) is 0 Å². The van der Waals surface area contributed by atoms with Gasteiger partial charge in [-0.1, -0.05) is 12.1 Å². The van der Waals surface area contributed by atoms with Crippen LogP contribution in [-0.4, -0.2) is 24.3 Å². The smallest absolute Gasteiger partial charge is 0.0635 e. The molecule has 3 heteroatoms. The van der Waals surface area contributed by atoms with Crippen LogP contribution in [-0.2, 0) is 6.54 Å². The summed E-state index contributed by atoms with van der Waals surface area (Å²) in [6.45, 7) is 3.92. The van der Waals surface area contributed by atoms with Crippen molar-refractivity contribution < 1.29 is 5.11 Å². The minimum absolute atomic E-state index is 0.234. The van der Waals surface area contributed by atoms with Crippen LogP contribution in [0.15, 0.2) is 18.2 Å². The molecule has 0 spiro atoms. The van der Waals surface area contributed by atoms with Crippen LogP contribution in [0.5, 0.6) is 0 Å². The maximum atomic E-state index is 9.48. The van der Waals surface area contributed by atoms with E-state index < -0.39 is 0 Å². The molecule has 0 amide bonds. The Morgan fingerprint density at radius 1 is 1.41 bits per heavy atom. The number of nitrogens with zero attached hydrogens (tertiary/aromatic N) is 1. The van der Waals surface area contributed by atoms with Crippen LogP contribution >= 0.6 is 0 Å². The van der Waals surface area contributed by atoms with Crippen molar-refractivity contribution in [2.45, 2.75) is 38.8 Å². The van der Waals surface area contributed by atoms with E-state index in [1.807, 2.05) is 0 Å². The maximum absolute atomic E-state index is 9.48. The molecule has 3 nitrogen and oxygen atoms in total. The third-order valence-corrected chi connectivity index (χ3v) is 3.61. The molecule has 0 radical (unpaired) electrons. The first kappa shape index (κ1) is 12.4. The van der Waals surface area contributed by atoms with Gasteiger partial charge in [0.1, 0.15) is 0 Å². The summed E-state index contributed by atoms with van der Waals surface area (Å²) < 4.78 is 0. The van der Waals surface area contributed by atoms with E-state index in [4.69, 9.17) is 5.73 Å². The number of hydrogen-bond donors (Lipinski definition) is 2. The molecular weight excluding hydrogens is 212 g/mol. The summed E-state index contributed by atoms with van der Waals surface area (Å²) in [6, 6.07) is 6.66. The van der Waals surface area contributed by atoms with E-state index in [0.717, 1.165) is 13.0 Å². The van der Waals surface area contributed by atoms with E-state index in [0.29, 0.717) is 6.54 Å². The number of benzene rings is 1. The fourth-order valence-electron chi connectivity index (χ4n) is 2.62. The van der Waals surface area contributed by atoms with Crippen molar-refractivity contribution in [3.05, 3.63) is 29.3 Å². The summed E-state index contributed by atoms with van der Waals surface area (Å²) >= 11 is 0. The fourth-order valence-corrected chi connectivity index (χ4v) is 2.62. The van der Waals surface area contributed by atoms with Crippen molar-refractivity contribution in [2.24, 2.45) is 5.73 Å². The lowest BCUT2D eigenvalue weighted by Crippen LogP contribution is -2.42. The lowest BCUT2D eigenvalue weighted by Gasteiger charge is -2.37. The second kappa shape index (κ2) is 5.52. The van der Waals surface area contributed by atoms with Crippen molar-refractivity contribution in [1.29, 1.82) is 0 Å². The zero-order valence-corrected chi connectivity index (χ0v) is 10.5. The van der Waals surface area contributed by atoms with Gasteiger partial charge in [0.2, 0.25) is 0 Å². The Balaban J connectivity index is 2.33. The molecule has 3 N–H and O–H groups in total. The van der Waals surface area contributed by atoms with Crippen LogP contribution in [0, 0.1) is 6.92 Å². The highest BCUT2D eigenvalue weighted by atomic mass is 16.3. The topological polar surface area (TPSA) is 49.5 Å². The third-order valence-electron chi connectivity index (χ3n) is 3.61. The van der Waals surface area contributed by atoms with Crippen LogP contribution in [0.3, 0.4) is 0 Å². The molecule has 2 rings (SSSR count). The van der Waals surface area contributed by atoms with Gasteiger partial charge in [-0.2, -0.15) is 0 Å². The van der Waals surface area contributed by atoms with Gasteiger partial charge in [-0.15, -0.1) is 0 Å². The molecule has 1 aromatic carbocycles. The Morgan fingerprint density at radius 2 is 2.24 bits per heavy atom. The van der Waals surface area contributed by atoms with Crippen LogP contribution in [0.4, 0.5) is 5.69 Å². The van der Waals surface area contributed by atoms with Crippen molar-refractivity contribution in [1.82, 2.24) is 0 Å². The minimum Gasteiger partial charge on any atom is -0.394 e. The summed E-state index contributed by atoms with van der Waals surface area (Å²) in [6.07, 6.45) is 3.49. The summed E-state index contributed by atoms with van der Waals surface area (Å²) in [4.78, 5) is 2.33. The average molecular weight is 234 g/mol. The zero-order chi connectivity index (χ0) is 12.3. The molecule has 1 aliphatic rings. The number of nitrogens with two attached hydrogens (primary N) is 1. The van der Waals surface area contributed by atoms with Gasteiger partial charge >= 0.3 is 0 Å². The van der Waals surface area contributed by atoms with E-state index in [-0.39, 0.29) is 12.6 Å². The van der Waals surface area contributed by atoms with Gasteiger partial charge in [-0.05, 0) is 43.4 Å². The number of aliphatic hydroxyl groups excluding tert-OH is 1. The standard InChI is InChI=1S/C14H22N2O/c1-11-5-6-12(9-15)14(8-11)16-7-3-2-4-13(16)10-17/h5-6,8,13,17H,2-4,7,9-10,15H2,1H3. The Hall–Kier alpha value is -1.06.